The number of nitrogens with one attached hydrogen (secondary N) is 1. The summed E-state index contributed by atoms with van der Waals surface area (Å²) in [4.78, 5) is 6.89. The van der Waals surface area contributed by atoms with Gasteiger partial charge in [0.2, 0.25) is 0 Å². The lowest BCUT2D eigenvalue weighted by molar-refractivity contribution is 0.170. The summed E-state index contributed by atoms with van der Waals surface area (Å²) in [5, 5.41) is 0. The molecular weight excluding hydrogens is 224 g/mol. The lowest BCUT2D eigenvalue weighted by Gasteiger charge is -2.31. The molecule has 0 spiro atoms. The summed E-state index contributed by atoms with van der Waals surface area (Å²) < 4.78 is 0. The largest absolute Gasteiger partial charge is 0.324 e. The van der Waals surface area contributed by atoms with Crippen LogP contribution in [0.4, 0.5) is 5.69 Å². The van der Waals surface area contributed by atoms with E-state index in [2.05, 4.69) is 22.2 Å². The lowest BCUT2D eigenvalue weighted by atomic mass is 9.92. The van der Waals surface area contributed by atoms with Crippen molar-refractivity contribution in [2.45, 2.75) is 39.2 Å². The van der Waals surface area contributed by atoms with Crippen molar-refractivity contribution < 1.29 is 0 Å². The maximum Gasteiger partial charge on any atom is 0.0564 e. The van der Waals surface area contributed by atoms with Gasteiger partial charge in [-0.05, 0) is 44.0 Å². The van der Waals surface area contributed by atoms with Crippen molar-refractivity contribution in [1.29, 1.82) is 0 Å². The number of rotatable bonds is 5. The van der Waals surface area contributed by atoms with Gasteiger partial charge >= 0.3 is 0 Å². The average molecular weight is 248 g/mol. The summed E-state index contributed by atoms with van der Waals surface area (Å²) in [6.07, 6.45) is 7.19. The fourth-order valence-electron chi connectivity index (χ4n) is 2.73. The SMILES string of the molecule is CCCC1CCN(Cc2cc(NN)ccn2)CC1. The molecule has 2 rings (SSSR count). The normalized spacial score (nSPS) is 17.9. The van der Waals surface area contributed by atoms with Crippen LogP contribution in [-0.2, 0) is 6.54 Å². The number of hydrazine groups is 1. The van der Waals surface area contributed by atoms with Gasteiger partial charge in [-0.25, -0.2) is 0 Å². The minimum absolute atomic E-state index is 0.931. The highest BCUT2D eigenvalue weighted by atomic mass is 15.2. The van der Waals surface area contributed by atoms with Crippen molar-refractivity contribution >= 4 is 5.69 Å². The van der Waals surface area contributed by atoms with Gasteiger partial charge in [-0.1, -0.05) is 19.8 Å². The van der Waals surface area contributed by atoms with E-state index in [1.54, 1.807) is 0 Å². The molecular formula is C14H24N4. The minimum atomic E-state index is 0.931. The van der Waals surface area contributed by atoms with Gasteiger partial charge in [0.1, 0.15) is 0 Å². The average Bonchev–Trinajstić information content (AvgIpc) is 2.42. The van der Waals surface area contributed by atoms with Crippen LogP contribution in [0, 0.1) is 5.92 Å². The molecule has 0 unspecified atom stereocenters. The number of hydrogen-bond donors (Lipinski definition) is 2. The van der Waals surface area contributed by atoms with E-state index >= 15 is 0 Å². The highest BCUT2D eigenvalue weighted by molar-refractivity contribution is 5.41. The van der Waals surface area contributed by atoms with E-state index in [9.17, 15) is 0 Å². The second-order valence-electron chi connectivity index (χ2n) is 5.19. The van der Waals surface area contributed by atoms with Crippen molar-refractivity contribution in [1.82, 2.24) is 9.88 Å². The Hall–Kier alpha value is -1.13. The molecule has 0 bridgehead atoms. The van der Waals surface area contributed by atoms with Crippen molar-refractivity contribution in [3.63, 3.8) is 0 Å². The first-order chi connectivity index (χ1) is 8.81. The van der Waals surface area contributed by atoms with Crippen LogP contribution in [0.1, 0.15) is 38.3 Å². The van der Waals surface area contributed by atoms with Crippen LogP contribution in [0.25, 0.3) is 0 Å². The van der Waals surface area contributed by atoms with E-state index in [1.165, 1.54) is 38.8 Å². The molecule has 1 fully saturated rings. The number of likely N-dealkylation sites (tertiary alicyclic amines) is 1. The maximum atomic E-state index is 5.41. The number of aromatic nitrogens is 1. The van der Waals surface area contributed by atoms with Crippen molar-refractivity contribution in [2.75, 3.05) is 18.5 Å². The molecule has 2 heterocycles. The molecule has 1 aromatic heterocycles. The van der Waals surface area contributed by atoms with Crippen LogP contribution in [0.15, 0.2) is 18.3 Å². The molecule has 18 heavy (non-hydrogen) atoms. The molecule has 1 saturated heterocycles. The van der Waals surface area contributed by atoms with Crippen LogP contribution >= 0.6 is 0 Å². The Labute approximate surface area is 110 Å². The van der Waals surface area contributed by atoms with E-state index in [1.807, 2.05) is 18.3 Å². The quantitative estimate of drug-likeness (QED) is 0.620. The van der Waals surface area contributed by atoms with E-state index in [4.69, 9.17) is 5.84 Å². The lowest BCUT2D eigenvalue weighted by Crippen LogP contribution is -2.33. The van der Waals surface area contributed by atoms with Crippen molar-refractivity contribution in [2.24, 2.45) is 11.8 Å². The molecule has 100 valence electrons. The topological polar surface area (TPSA) is 54.2 Å². The highest BCUT2D eigenvalue weighted by Crippen LogP contribution is 2.22. The molecule has 1 aliphatic heterocycles. The Bertz CT molecular complexity index is 359. The molecule has 1 aromatic rings. The molecule has 4 nitrogen and oxygen atoms in total. The van der Waals surface area contributed by atoms with Gasteiger partial charge < -0.3 is 5.43 Å². The van der Waals surface area contributed by atoms with Gasteiger partial charge in [-0.2, -0.15) is 0 Å². The fourth-order valence-corrected chi connectivity index (χ4v) is 2.73. The number of nitrogen functional groups attached to an aromatic ring is 1. The standard InChI is InChI=1S/C14H24N4/c1-2-3-12-5-8-18(9-6-12)11-14-10-13(17-15)4-7-16-14/h4,7,10,12H,2-3,5-6,8-9,11,15H2,1H3,(H,16,17). The van der Waals surface area contributed by atoms with Gasteiger partial charge in [-0.3, -0.25) is 15.7 Å². The number of nitrogens with zero attached hydrogens (tertiary/aromatic N) is 2. The predicted octanol–water partition coefficient (Wildman–Crippen LogP) is 2.38. The fraction of sp³-hybridized carbons (Fsp3) is 0.643. The van der Waals surface area contributed by atoms with Gasteiger partial charge in [0.15, 0.2) is 0 Å². The first kappa shape index (κ1) is 13.3. The molecule has 0 amide bonds. The summed E-state index contributed by atoms with van der Waals surface area (Å²) in [6.45, 7) is 5.62. The Morgan fingerprint density at radius 2 is 2.22 bits per heavy atom. The van der Waals surface area contributed by atoms with Crippen LogP contribution in [0.2, 0.25) is 0 Å². The summed E-state index contributed by atoms with van der Waals surface area (Å²) in [5.74, 6) is 6.35. The Kier molecular flexibility index (Phi) is 4.96. The van der Waals surface area contributed by atoms with E-state index in [0.29, 0.717) is 0 Å². The third-order valence-corrected chi connectivity index (χ3v) is 3.77. The number of anilines is 1. The molecule has 0 aliphatic carbocycles. The van der Waals surface area contributed by atoms with Crippen LogP contribution < -0.4 is 11.3 Å². The number of nitrogens with two attached hydrogens (primary N) is 1. The Morgan fingerprint density at radius 1 is 1.44 bits per heavy atom. The number of hydrogen-bond acceptors (Lipinski definition) is 4. The summed E-state index contributed by atoms with van der Waals surface area (Å²) >= 11 is 0. The number of pyridine rings is 1. The summed E-state index contributed by atoms with van der Waals surface area (Å²) in [5.41, 5.74) is 4.70. The van der Waals surface area contributed by atoms with Crippen LogP contribution in [0.3, 0.4) is 0 Å². The summed E-state index contributed by atoms with van der Waals surface area (Å²) in [6, 6.07) is 3.91. The van der Waals surface area contributed by atoms with E-state index in [-0.39, 0.29) is 0 Å². The Balaban J connectivity index is 1.83. The monoisotopic (exact) mass is 248 g/mol. The molecule has 0 atom stereocenters. The third-order valence-electron chi connectivity index (χ3n) is 3.77. The van der Waals surface area contributed by atoms with Crippen molar-refractivity contribution in [3.8, 4) is 0 Å². The van der Waals surface area contributed by atoms with E-state index in [0.717, 1.165) is 23.8 Å². The Morgan fingerprint density at radius 3 is 2.89 bits per heavy atom. The zero-order valence-electron chi connectivity index (χ0n) is 11.2. The number of piperidine rings is 1. The zero-order chi connectivity index (χ0) is 12.8. The molecule has 1 aliphatic rings. The smallest absolute Gasteiger partial charge is 0.0564 e. The van der Waals surface area contributed by atoms with Crippen molar-refractivity contribution in [3.05, 3.63) is 24.0 Å². The maximum absolute atomic E-state index is 5.41. The first-order valence-electron chi connectivity index (χ1n) is 6.95. The van der Waals surface area contributed by atoms with Gasteiger partial charge in [-0.15, -0.1) is 0 Å². The highest BCUT2D eigenvalue weighted by Gasteiger charge is 2.18. The second-order valence-corrected chi connectivity index (χ2v) is 5.19. The third kappa shape index (κ3) is 3.68. The van der Waals surface area contributed by atoms with Gasteiger partial charge in [0.05, 0.1) is 11.4 Å². The van der Waals surface area contributed by atoms with Gasteiger partial charge in [0, 0.05) is 12.7 Å². The second kappa shape index (κ2) is 6.71. The molecule has 0 aromatic carbocycles. The molecule has 4 heteroatoms. The first-order valence-corrected chi connectivity index (χ1v) is 6.95. The molecule has 0 saturated carbocycles. The van der Waals surface area contributed by atoms with Crippen LogP contribution in [0.5, 0.6) is 0 Å². The van der Waals surface area contributed by atoms with E-state index < -0.39 is 0 Å². The van der Waals surface area contributed by atoms with Gasteiger partial charge in [0.25, 0.3) is 0 Å². The summed E-state index contributed by atoms with van der Waals surface area (Å²) in [7, 11) is 0. The molecule has 0 radical (unpaired) electrons. The zero-order valence-corrected chi connectivity index (χ0v) is 11.2. The molecule has 3 N–H and O–H groups in total. The van der Waals surface area contributed by atoms with Crippen LogP contribution in [-0.4, -0.2) is 23.0 Å². The predicted molar refractivity (Wildman–Crippen MR) is 75.0 cm³/mol. The minimum Gasteiger partial charge on any atom is -0.324 e.